The molecule has 1 unspecified atom stereocenters. The predicted octanol–water partition coefficient (Wildman–Crippen LogP) is 1.37. The summed E-state index contributed by atoms with van der Waals surface area (Å²) in [6.07, 6.45) is 0.790. The molecular weight excluding hydrogens is 378 g/mol. The summed E-state index contributed by atoms with van der Waals surface area (Å²) in [6, 6.07) is 4.98. The molecule has 1 atom stereocenters. The van der Waals surface area contributed by atoms with Gasteiger partial charge in [-0.15, -0.1) is 4.40 Å². The highest BCUT2D eigenvalue weighted by atomic mass is 32.2. The van der Waals surface area contributed by atoms with E-state index in [-0.39, 0.29) is 24.3 Å². The molecule has 0 spiro atoms. The third-order valence-electron chi connectivity index (χ3n) is 4.06. The fourth-order valence-corrected chi connectivity index (χ4v) is 4.79. The van der Waals surface area contributed by atoms with Gasteiger partial charge in [0.25, 0.3) is 15.9 Å². The van der Waals surface area contributed by atoms with E-state index in [1.807, 2.05) is 18.7 Å². The van der Waals surface area contributed by atoms with Gasteiger partial charge in [0.1, 0.15) is 0 Å². The lowest BCUT2D eigenvalue weighted by Crippen LogP contribution is -2.35. The van der Waals surface area contributed by atoms with Crippen LogP contribution in [0.15, 0.2) is 27.5 Å². The molecule has 3 rings (SSSR count). The predicted molar refractivity (Wildman–Crippen MR) is 99.0 cm³/mol. The van der Waals surface area contributed by atoms with E-state index in [4.69, 9.17) is 4.74 Å². The van der Waals surface area contributed by atoms with Gasteiger partial charge in [0.2, 0.25) is 0 Å². The van der Waals surface area contributed by atoms with Gasteiger partial charge >= 0.3 is 5.97 Å². The Morgan fingerprint density at radius 2 is 2.19 bits per heavy atom. The summed E-state index contributed by atoms with van der Waals surface area (Å²) in [7, 11) is -3.42. The van der Waals surface area contributed by atoms with Crippen molar-refractivity contribution >= 4 is 44.5 Å². The molecular formula is C16H19N3O5S2. The van der Waals surface area contributed by atoms with Crippen molar-refractivity contribution in [1.82, 2.24) is 5.32 Å². The molecule has 0 fully saturated rings. The van der Waals surface area contributed by atoms with Gasteiger partial charge < -0.3 is 15.0 Å². The van der Waals surface area contributed by atoms with E-state index in [0.29, 0.717) is 17.3 Å². The second-order valence-electron chi connectivity index (χ2n) is 6.05. The molecule has 140 valence electrons. The average molecular weight is 397 g/mol. The minimum absolute atomic E-state index is 0.0204. The zero-order valence-electron chi connectivity index (χ0n) is 14.4. The number of hydrogen-bond acceptors (Lipinski definition) is 7. The lowest BCUT2D eigenvalue weighted by Gasteiger charge is -2.22. The summed E-state index contributed by atoms with van der Waals surface area (Å²) in [4.78, 5) is 26.4. The van der Waals surface area contributed by atoms with Crippen molar-refractivity contribution in [2.24, 2.45) is 4.40 Å². The number of benzene rings is 1. The van der Waals surface area contributed by atoms with E-state index in [9.17, 15) is 18.0 Å². The Morgan fingerprint density at radius 3 is 2.92 bits per heavy atom. The zero-order valence-corrected chi connectivity index (χ0v) is 16.0. The minimum atomic E-state index is -3.42. The lowest BCUT2D eigenvalue weighted by atomic mass is 10.2. The van der Waals surface area contributed by atoms with Gasteiger partial charge in [0, 0.05) is 17.5 Å². The normalized spacial score (nSPS) is 18.4. The fourth-order valence-electron chi connectivity index (χ4n) is 2.49. The quantitative estimate of drug-likeness (QED) is 0.748. The van der Waals surface area contributed by atoms with Gasteiger partial charge in [-0.3, -0.25) is 4.79 Å². The molecule has 0 aliphatic carbocycles. The molecule has 0 bridgehead atoms. The number of fused-ring (bicyclic) bond motifs is 3. The molecule has 2 aliphatic rings. The van der Waals surface area contributed by atoms with Crippen LogP contribution >= 0.6 is 11.8 Å². The highest BCUT2D eigenvalue weighted by Crippen LogP contribution is 2.42. The van der Waals surface area contributed by atoms with Crippen LogP contribution in [-0.4, -0.2) is 50.4 Å². The third kappa shape index (κ3) is 4.01. The Labute approximate surface area is 156 Å². The van der Waals surface area contributed by atoms with Crippen molar-refractivity contribution < 1.29 is 22.7 Å². The number of nitrogens with zero attached hydrogens (tertiary/aromatic N) is 2. The third-order valence-corrected chi connectivity index (χ3v) is 6.37. The molecule has 0 aromatic heterocycles. The Balaban J connectivity index is 1.68. The largest absolute Gasteiger partial charge is 0.452 e. The summed E-state index contributed by atoms with van der Waals surface area (Å²) in [5.74, 6) is -0.988. The number of rotatable bonds is 5. The first kappa shape index (κ1) is 18.7. The van der Waals surface area contributed by atoms with Crippen LogP contribution in [0.25, 0.3) is 0 Å². The van der Waals surface area contributed by atoms with Crippen LogP contribution in [0.4, 0.5) is 5.69 Å². The Morgan fingerprint density at radius 1 is 1.42 bits per heavy atom. The molecule has 0 radical (unpaired) electrons. The van der Waals surface area contributed by atoms with Crippen LogP contribution in [0.1, 0.15) is 30.6 Å². The molecule has 1 amide bonds. The van der Waals surface area contributed by atoms with Gasteiger partial charge in [0.05, 0.1) is 17.0 Å². The maximum Gasteiger partial charge on any atom is 0.338 e. The highest BCUT2D eigenvalue weighted by molar-refractivity contribution is 8.15. The average Bonchev–Trinajstić information content (AvgIpc) is 2.94. The molecule has 8 nitrogen and oxygen atoms in total. The molecule has 2 heterocycles. The standard InChI is InChI=1S/C16H19N3O5S2/c1-3-10(2)17-14(20)9-24-15(21)11-4-5-12-13(8-11)25-16-18-26(22,23)7-6-19(12)16/h4-5,8,10H,3,6-7,9H2,1-2H3,(H,17,20). The summed E-state index contributed by atoms with van der Waals surface area (Å²) in [5, 5.41) is 3.11. The van der Waals surface area contributed by atoms with E-state index in [1.165, 1.54) is 11.8 Å². The molecule has 1 N–H and O–H groups in total. The minimum Gasteiger partial charge on any atom is -0.452 e. The van der Waals surface area contributed by atoms with Crippen LogP contribution in [0, 0.1) is 0 Å². The number of ether oxygens (including phenoxy) is 1. The monoisotopic (exact) mass is 397 g/mol. The van der Waals surface area contributed by atoms with Gasteiger partial charge in [0.15, 0.2) is 11.8 Å². The first-order chi connectivity index (χ1) is 12.3. The number of amidine groups is 1. The first-order valence-corrected chi connectivity index (χ1v) is 10.6. The number of hydrogen-bond donors (Lipinski definition) is 1. The number of anilines is 1. The number of esters is 1. The summed E-state index contributed by atoms with van der Waals surface area (Å²) in [6.45, 7) is 3.81. The maximum absolute atomic E-state index is 12.2. The number of thioether (sulfide) groups is 1. The van der Waals surface area contributed by atoms with Crippen molar-refractivity contribution in [3.05, 3.63) is 23.8 Å². The lowest BCUT2D eigenvalue weighted by molar-refractivity contribution is -0.124. The van der Waals surface area contributed by atoms with E-state index in [0.717, 1.165) is 17.0 Å². The van der Waals surface area contributed by atoms with E-state index < -0.39 is 16.0 Å². The fraction of sp³-hybridized carbons (Fsp3) is 0.438. The molecule has 10 heteroatoms. The van der Waals surface area contributed by atoms with Crippen LogP contribution in [0.3, 0.4) is 0 Å². The van der Waals surface area contributed by atoms with E-state index in [2.05, 4.69) is 9.71 Å². The zero-order chi connectivity index (χ0) is 18.9. The smallest absolute Gasteiger partial charge is 0.338 e. The van der Waals surface area contributed by atoms with Crippen LogP contribution < -0.4 is 10.2 Å². The number of carbonyl (C=O) groups excluding carboxylic acids is 2. The van der Waals surface area contributed by atoms with Crippen LogP contribution in [-0.2, 0) is 19.6 Å². The Bertz CT molecular complexity index is 882. The Hall–Kier alpha value is -2.07. The van der Waals surface area contributed by atoms with Crippen molar-refractivity contribution in [2.45, 2.75) is 31.2 Å². The summed E-state index contributed by atoms with van der Waals surface area (Å²) in [5.41, 5.74) is 1.12. The van der Waals surface area contributed by atoms with Gasteiger partial charge in [-0.25, -0.2) is 13.2 Å². The number of carbonyl (C=O) groups is 2. The topological polar surface area (TPSA) is 105 Å². The van der Waals surface area contributed by atoms with E-state index in [1.54, 1.807) is 18.2 Å². The SMILES string of the molecule is CCC(C)NC(=O)COC(=O)c1ccc2c(c1)SC1=NS(=O)(=O)CCN12. The molecule has 0 saturated carbocycles. The van der Waals surface area contributed by atoms with Crippen molar-refractivity contribution in [1.29, 1.82) is 0 Å². The molecule has 1 aromatic carbocycles. The Kier molecular flexibility index (Phi) is 5.24. The molecule has 0 saturated heterocycles. The molecule has 26 heavy (non-hydrogen) atoms. The number of amides is 1. The summed E-state index contributed by atoms with van der Waals surface area (Å²) >= 11 is 1.20. The van der Waals surface area contributed by atoms with Gasteiger partial charge in [-0.05, 0) is 43.3 Å². The van der Waals surface area contributed by atoms with Crippen molar-refractivity contribution in [2.75, 3.05) is 23.8 Å². The van der Waals surface area contributed by atoms with Crippen molar-refractivity contribution in [3.8, 4) is 0 Å². The van der Waals surface area contributed by atoms with Crippen LogP contribution in [0.5, 0.6) is 0 Å². The first-order valence-electron chi connectivity index (χ1n) is 8.17. The second-order valence-corrected chi connectivity index (χ2v) is 8.81. The molecule has 1 aromatic rings. The van der Waals surface area contributed by atoms with Crippen LogP contribution in [0.2, 0.25) is 0 Å². The van der Waals surface area contributed by atoms with E-state index >= 15 is 0 Å². The van der Waals surface area contributed by atoms with Gasteiger partial charge in [-0.1, -0.05) is 6.92 Å². The van der Waals surface area contributed by atoms with Crippen molar-refractivity contribution in [3.63, 3.8) is 0 Å². The number of nitrogens with one attached hydrogen (secondary N) is 1. The highest BCUT2D eigenvalue weighted by Gasteiger charge is 2.33. The van der Waals surface area contributed by atoms with Gasteiger partial charge in [-0.2, -0.15) is 0 Å². The second kappa shape index (κ2) is 7.28. The molecule has 2 aliphatic heterocycles. The number of sulfonamides is 1. The summed E-state index contributed by atoms with van der Waals surface area (Å²) < 4.78 is 32.1. The maximum atomic E-state index is 12.2.